The first-order valence-electron chi connectivity index (χ1n) is 6.11. The molecule has 0 spiro atoms. The average Bonchev–Trinajstić information content (AvgIpc) is 2.85. The van der Waals surface area contributed by atoms with E-state index in [1.807, 2.05) is 25.1 Å². The standard InChI is InChI=1S/C15H9F2N3S/c1-8-2-4-10-12(6-8)21-15(19-10)20-11-5-3-9(7-18)13(16)14(11)17/h2-6H,1H3,(H,19,20). The molecule has 0 saturated heterocycles. The van der Waals surface area contributed by atoms with E-state index in [0.29, 0.717) is 5.13 Å². The Labute approximate surface area is 123 Å². The second-order valence-electron chi connectivity index (χ2n) is 4.52. The van der Waals surface area contributed by atoms with Crippen molar-refractivity contribution in [3.8, 4) is 6.07 Å². The Hall–Kier alpha value is -2.52. The Bertz CT molecular complexity index is 880. The van der Waals surface area contributed by atoms with Crippen LogP contribution in [0.25, 0.3) is 10.2 Å². The number of fused-ring (bicyclic) bond motifs is 1. The van der Waals surface area contributed by atoms with Gasteiger partial charge in [-0.05, 0) is 36.8 Å². The van der Waals surface area contributed by atoms with Crippen molar-refractivity contribution in [2.24, 2.45) is 0 Å². The van der Waals surface area contributed by atoms with Gasteiger partial charge in [0.05, 0.1) is 21.5 Å². The molecule has 1 aromatic heterocycles. The minimum atomic E-state index is -1.15. The van der Waals surface area contributed by atoms with Crippen molar-refractivity contribution in [2.75, 3.05) is 5.32 Å². The summed E-state index contributed by atoms with van der Waals surface area (Å²) >= 11 is 1.35. The quantitative estimate of drug-likeness (QED) is 0.758. The fourth-order valence-corrected chi connectivity index (χ4v) is 2.91. The number of aromatic nitrogens is 1. The number of hydrogen-bond donors (Lipinski definition) is 1. The van der Waals surface area contributed by atoms with E-state index in [2.05, 4.69) is 10.3 Å². The van der Waals surface area contributed by atoms with Gasteiger partial charge in [-0.15, -0.1) is 0 Å². The highest BCUT2D eigenvalue weighted by atomic mass is 32.1. The molecular weight excluding hydrogens is 292 g/mol. The van der Waals surface area contributed by atoms with Crippen LogP contribution in [0.15, 0.2) is 30.3 Å². The van der Waals surface area contributed by atoms with E-state index in [9.17, 15) is 8.78 Å². The van der Waals surface area contributed by atoms with Crippen LogP contribution in [-0.2, 0) is 0 Å². The van der Waals surface area contributed by atoms with Crippen LogP contribution in [0.3, 0.4) is 0 Å². The lowest BCUT2D eigenvalue weighted by Gasteiger charge is -2.05. The van der Waals surface area contributed by atoms with Crippen LogP contribution in [0.2, 0.25) is 0 Å². The zero-order chi connectivity index (χ0) is 15.0. The van der Waals surface area contributed by atoms with Crippen LogP contribution < -0.4 is 5.32 Å². The molecule has 0 saturated carbocycles. The minimum Gasteiger partial charge on any atom is -0.329 e. The van der Waals surface area contributed by atoms with E-state index in [4.69, 9.17) is 5.26 Å². The van der Waals surface area contributed by atoms with Crippen molar-refractivity contribution >= 4 is 32.4 Å². The van der Waals surface area contributed by atoms with Gasteiger partial charge in [-0.3, -0.25) is 0 Å². The first kappa shape index (κ1) is 13.5. The molecule has 104 valence electrons. The van der Waals surface area contributed by atoms with Crippen molar-refractivity contribution in [3.63, 3.8) is 0 Å². The molecule has 1 heterocycles. The predicted octanol–water partition coefficient (Wildman–Crippen LogP) is 4.50. The fraction of sp³-hybridized carbons (Fsp3) is 0.0667. The summed E-state index contributed by atoms with van der Waals surface area (Å²) in [6.45, 7) is 1.97. The molecular formula is C15H9F2N3S. The molecule has 0 aliphatic heterocycles. The zero-order valence-electron chi connectivity index (χ0n) is 10.9. The molecule has 2 aromatic carbocycles. The summed E-state index contributed by atoms with van der Waals surface area (Å²) < 4.78 is 28.4. The number of nitrogens with zero attached hydrogens (tertiary/aromatic N) is 2. The largest absolute Gasteiger partial charge is 0.329 e. The van der Waals surface area contributed by atoms with E-state index in [-0.39, 0.29) is 11.3 Å². The third-order valence-electron chi connectivity index (χ3n) is 2.99. The summed E-state index contributed by atoms with van der Waals surface area (Å²) in [7, 11) is 0. The fourth-order valence-electron chi connectivity index (χ4n) is 1.93. The molecule has 1 N–H and O–H groups in total. The normalized spacial score (nSPS) is 10.6. The molecule has 0 radical (unpaired) electrons. The highest BCUT2D eigenvalue weighted by molar-refractivity contribution is 7.22. The summed E-state index contributed by atoms with van der Waals surface area (Å²) in [5.74, 6) is -2.23. The summed E-state index contributed by atoms with van der Waals surface area (Å²) in [5, 5.41) is 11.9. The Balaban J connectivity index is 1.99. The number of hydrogen-bond acceptors (Lipinski definition) is 4. The Morgan fingerprint density at radius 1 is 1.19 bits per heavy atom. The van der Waals surface area contributed by atoms with Crippen molar-refractivity contribution in [1.82, 2.24) is 4.98 Å². The monoisotopic (exact) mass is 301 g/mol. The van der Waals surface area contributed by atoms with Crippen LogP contribution in [0.4, 0.5) is 19.6 Å². The Kier molecular flexibility index (Phi) is 3.28. The second-order valence-corrected chi connectivity index (χ2v) is 5.55. The minimum absolute atomic E-state index is 0.0396. The van der Waals surface area contributed by atoms with Gasteiger partial charge in [0.2, 0.25) is 0 Å². The maximum atomic E-state index is 13.8. The highest BCUT2D eigenvalue weighted by Crippen LogP contribution is 2.30. The molecule has 3 rings (SSSR count). The van der Waals surface area contributed by atoms with Crippen LogP contribution in [-0.4, -0.2) is 4.98 Å². The van der Waals surface area contributed by atoms with E-state index in [1.165, 1.54) is 23.5 Å². The molecule has 3 nitrogen and oxygen atoms in total. The second kappa shape index (κ2) is 5.11. The average molecular weight is 301 g/mol. The van der Waals surface area contributed by atoms with E-state index in [1.54, 1.807) is 6.07 Å². The molecule has 0 unspecified atom stereocenters. The van der Waals surface area contributed by atoms with Gasteiger partial charge in [0.25, 0.3) is 0 Å². The van der Waals surface area contributed by atoms with Gasteiger partial charge >= 0.3 is 0 Å². The molecule has 0 atom stereocenters. The number of nitrogens with one attached hydrogen (secondary N) is 1. The first-order chi connectivity index (χ1) is 10.1. The van der Waals surface area contributed by atoms with Gasteiger partial charge in [-0.2, -0.15) is 5.26 Å². The lowest BCUT2D eigenvalue weighted by Crippen LogP contribution is -1.98. The Morgan fingerprint density at radius 2 is 2.00 bits per heavy atom. The Morgan fingerprint density at radius 3 is 2.76 bits per heavy atom. The topological polar surface area (TPSA) is 48.7 Å². The lowest BCUT2D eigenvalue weighted by atomic mass is 10.2. The third kappa shape index (κ3) is 2.43. The molecule has 21 heavy (non-hydrogen) atoms. The number of rotatable bonds is 2. The van der Waals surface area contributed by atoms with Crippen molar-refractivity contribution < 1.29 is 8.78 Å². The number of halogens is 2. The van der Waals surface area contributed by atoms with Gasteiger partial charge in [-0.25, -0.2) is 13.8 Å². The summed E-state index contributed by atoms with van der Waals surface area (Å²) in [4.78, 5) is 4.32. The number of anilines is 2. The van der Waals surface area contributed by atoms with Crippen molar-refractivity contribution in [3.05, 3.63) is 53.1 Å². The van der Waals surface area contributed by atoms with Gasteiger partial charge in [0.15, 0.2) is 16.8 Å². The van der Waals surface area contributed by atoms with Gasteiger partial charge in [0.1, 0.15) is 6.07 Å². The summed E-state index contributed by atoms with van der Waals surface area (Å²) in [6.07, 6.45) is 0. The van der Waals surface area contributed by atoms with Crippen LogP contribution in [0, 0.1) is 29.9 Å². The van der Waals surface area contributed by atoms with Crippen LogP contribution in [0.5, 0.6) is 0 Å². The molecule has 0 bridgehead atoms. The number of aryl methyl sites for hydroxylation is 1. The van der Waals surface area contributed by atoms with Gasteiger partial charge in [-0.1, -0.05) is 17.4 Å². The van der Waals surface area contributed by atoms with Gasteiger partial charge in [0, 0.05) is 0 Å². The molecule has 0 amide bonds. The number of nitriles is 1. The molecule has 0 fully saturated rings. The molecule has 6 heteroatoms. The van der Waals surface area contributed by atoms with Gasteiger partial charge < -0.3 is 5.32 Å². The lowest BCUT2D eigenvalue weighted by molar-refractivity contribution is 0.509. The summed E-state index contributed by atoms with van der Waals surface area (Å²) in [5.41, 5.74) is 1.54. The van der Waals surface area contributed by atoms with Crippen LogP contribution in [0.1, 0.15) is 11.1 Å². The number of benzene rings is 2. The van der Waals surface area contributed by atoms with Crippen molar-refractivity contribution in [1.29, 1.82) is 5.26 Å². The smallest absolute Gasteiger partial charge is 0.188 e. The maximum Gasteiger partial charge on any atom is 0.188 e. The SMILES string of the molecule is Cc1ccc2nc(Nc3ccc(C#N)c(F)c3F)sc2c1. The predicted molar refractivity (Wildman–Crippen MR) is 78.7 cm³/mol. The zero-order valence-corrected chi connectivity index (χ0v) is 11.8. The van der Waals surface area contributed by atoms with E-state index >= 15 is 0 Å². The molecule has 0 aliphatic rings. The third-order valence-corrected chi connectivity index (χ3v) is 3.92. The molecule has 0 aliphatic carbocycles. The van der Waals surface area contributed by atoms with Crippen LogP contribution >= 0.6 is 11.3 Å². The maximum absolute atomic E-state index is 13.8. The number of thiazole rings is 1. The molecule has 3 aromatic rings. The summed E-state index contributed by atoms with van der Waals surface area (Å²) in [6, 6.07) is 9.96. The van der Waals surface area contributed by atoms with E-state index in [0.717, 1.165) is 15.8 Å². The van der Waals surface area contributed by atoms with Crippen molar-refractivity contribution in [2.45, 2.75) is 6.92 Å². The first-order valence-corrected chi connectivity index (χ1v) is 6.92. The highest BCUT2D eigenvalue weighted by Gasteiger charge is 2.14. The van der Waals surface area contributed by atoms with E-state index < -0.39 is 11.6 Å².